The van der Waals surface area contributed by atoms with Crippen LogP contribution in [0.15, 0.2) is 65.3 Å². The molecule has 1 fully saturated rings. The van der Waals surface area contributed by atoms with Crippen molar-refractivity contribution in [2.24, 2.45) is 5.92 Å². The molecule has 4 rings (SSSR count). The highest BCUT2D eigenvalue weighted by Gasteiger charge is 2.35. The lowest BCUT2D eigenvalue weighted by atomic mass is 9.75. The van der Waals surface area contributed by atoms with Gasteiger partial charge in [0.2, 0.25) is 5.91 Å². The minimum atomic E-state index is 0.0372. The SMILES string of the molecule is CC(=O)NCC1CCOC2=CCc3ccc(SCc4ccccc4)cc3C21. The van der Waals surface area contributed by atoms with Crippen molar-refractivity contribution in [3.8, 4) is 0 Å². The average molecular weight is 380 g/mol. The van der Waals surface area contributed by atoms with Gasteiger partial charge in [-0.15, -0.1) is 11.8 Å². The zero-order valence-corrected chi connectivity index (χ0v) is 16.4. The Bertz CT molecular complexity index is 847. The number of carbonyl (C=O) groups excluding carboxylic acids is 1. The first-order valence-corrected chi connectivity index (χ1v) is 10.6. The van der Waals surface area contributed by atoms with Gasteiger partial charge in [-0.3, -0.25) is 4.79 Å². The van der Waals surface area contributed by atoms with Gasteiger partial charge in [-0.25, -0.2) is 0 Å². The minimum absolute atomic E-state index is 0.0372. The van der Waals surface area contributed by atoms with E-state index in [1.54, 1.807) is 6.92 Å². The highest BCUT2D eigenvalue weighted by atomic mass is 32.2. The molecule has 0 spiro atoms. The third kappa shape index (κ3) is 4.22. The Morgan fingerprint density at radius 1 is 1.22 bits per heavy atom. The first-order chi connectivity index (χ1) is 13.2. The van der Waals surface area contributed by atoms with Crippen LogP contribution in [0.1, 0.15) is 36.0 Å². The van der Waals surface area contributed by atoms with E-state index in [-0.39, 0.29) is 11.8 Å². The Labute approximate surface area is 165 Å². The number of nitrogens with one attached hydrogen (secondary N) is 1. The standard InChI is InChI=1S/C23H25NO2S/c1-16(25)24-14-19-11-12-26-22-10-8-18-7-9-20(13-21(18)23(19)22)27-15-17-5-3-2-4-6-17/h2-7,9-10,13,19,23H,8,11-12,14-15H2,1H3,(H,24,25). The summed E-state index contributed by atoms with van der Waals surface area (Å²) in [6.45, 7) is 3.04. The summed E-state index contributed by atoms with van der Waals surface area (Å²) >= 11 is 1.88. The van der Waals surface area contributed by atoms with Crippen molar-refractivity contribution in [2.45, 2.75) is 36.3 Å². The fourth-order valence-electron chi connectivity index (χ4n) is 3.99. The molecule has 140 valence electrons. The molecular weight excluding hydrogens is 354 g/mol. The van der Waals surface area contributed by atoms with E-state index in [0.29, 0.717) is 12.5 Å². The van der Waals surface area contributed by atoms with E-state index in [9.17, 15) is 4.79 Å². The summed E-state index contributed by atoms with van der Waals surface area (Å²) < 4.78 is 5.99. The maximum absolute atomic E-state index is 11.4. The second-order valence-corrected chi connectivity index (χ2v) is 8.31. The summed E-state index contributed by atoms with van der Waals surface area (Å²) in [7, 11) is 0. The molecule has 2 aliphatic rings. The van der Waals surface area contributed by atoms with Gasteiger partial charge in [0.1, 0.15) is 5.76 Å². The van der Waals surface area contributed by atoms with E-state index in [4.69, 9.17) is 4.74 Å². The van der Waals surface area contributed by atoms with Crippen LogP contribution in [0.3, 0.4) is 0 Å². The summed E-state index contributed by atoms with van der Waals surface area (Å²) in [5.41, 5.74) is 4.09. The fraction of sp³-hybridized carbons (Fsp3) is 0.348. The topological polar surface area (TPSA) is 38.3 Å². The Balaban J connectivity index is 1.55. The van der Waals surface area contributed by atoms with Gasteiger partial charge < -0.3 is 10.1 Å². The first-order valence-electron chi connectivity index (χ1n) is 9.57. The van der Waals surface area contributed by atoms with Crippen LogP contribution in [0, 0.1) is 5.92 Å². The van der Waals surface area contributed by atoms with Crippen LogP contribution in [0.5, 0.6) is 0 Å². The monoisotopic (exact) mass is 379 g/mol. The maximum Gasteiger partial charge on any atom is 0.216 e. The molecule has 27 heavy (non-hydrogen) atoms. The van der Waals surface area contributed by atoms with Crippen molar-refractivity contribution in [2.75, 3.05) is 13.2 Å². The lowest BCUT2D eigenvalue weighted by Crippen LogP contribution is -2.36. The second kappa shape index (κ2) is 8.22. The second-order valence-electron chi connectivity index (χ2n) is 7.26. The van der Waals surface area contributed by atoms with Gasteiger partial charge >= 0.3 is 0 Å². The van der Waals surface area contributed by atoms with Crippen LogP contribution in [-0.4, -0.2) is 19.1 Å². The predicted octanol–water partition coefficient (Wildman–Crippen LogP) is 4.68. The number of amides is 1. The summed E-state index contributed by atoms with van der Waals surface area (Å²) in [4.78, 5) is 12.7. The smallest absolute Gasteiger partial charge is 0.216 e. The Morgan fingerprint density at radius 3 is 2.89 bits per heavy atom. The fourth-order valence-corrected chi connectivity index (χ4v) is 4.89. The quantitative estimate of drug-likeness (QED) is 0.767. The summed E-state index contributed by atoms with van der Waals surface area (Å²) in [6, 6.07) is 17.4. The van der Waals surface area contributed by atoms with Gasteiger partial charge in [0.15, 0.2) is 0 Å². The highest BCUT2D eigenvalue weighted by molar-refractivity contribution is 7.98. The Hall–Kier alpha value is -2.20. The number of hydrogen-bond donors (Lipinski definition) is 1. The van der Waals surface area contributed by atoms with Crippen molar-refractivity contribution >= 4 is 17.7 Å². The lowest BCUT2D eigenvalue weighted by molar-refractivity contribution is -0.119. The van der Waals surface area contributed by atoms with Gasteiger partial charge in [-0.1, -0.05) is 36.4 Å². The molecule has 0 aromatic heterocycles. The average Bonchev–Trinajstić information content (AvgIpc) is 2.71. The molecule has 0 radical (unpaired) electrons. The number of hydrogen-bond acceptors (Lipinski definition) is 3. The van der Waals surface area contributed by atoms with Crippen molar-refractivity contribution in [1.82, 2.24) is 5.32 Å². The van der Waals surface area contributed by atoms with Crippen LogP contribution in [0.2, 0.25) is 0 Å². The van der Waals surface area contributed by atoms with Gasteiger partial charge in [0.05, 0.1) is 6.61 Å². The zero-order chi connectivity index (χ0) is 18.6. The molecule has 2 aromatic rings. The summed E-state index contributed by atoms with van der Waals surface area (Å²) in [5.74, 6) is 2.75. The van der Waals surface area contributed by atoms with E-state index in [2.05, 4.69) is 59.9 Å². The summed E-state index contributed by atoms with van der Waals surface area (Å²) in [6.07, 6.45) is 4.13. The van der Waals surface area contributed by atoms with E-state index >= 15 is 0 Å². The van der Waals surface area contributed by atoms with Crippen LogP contribution in [0.25, 0.3) is 0 Å². The highest BCUT2D eigenvalue weighted by Crippen LogP contribution is 2.44. The molecule has 4 heteroatoms. The molecule has 1 heterocycles. The van der Waals surface area contributed by atoms with Gasteiger partial charge in [0, 0.05) is 30.0 Å². The molecule has 1 saturated heterocycles. The van der Waals surface area contributed by atoms with E-state index in [0.717, 1.165) is 31.0 Å². The molecule has 2 aromatic carbocycles. The molecule has 3 nitrogen and oxygen atoms in total. The van der Waals surface area contributed by atoms with Crippen LogP contribution in [0.4, 0.5) is 0 Å². The molecular formula is C23H25NO2S. The molecule has 0 bridgehead atoms. The van der Waals surface area contributed by atoms with Crippen LogP contribution < -0.4 is 5.32 Å². The lowest BCUT2D eigenvalue weighted by Gasteiger charge is -2.37. The third-order valence-corrected chi connectivity index (χ3v) is 6.44. The normalized spacial score (nSPS) is 20.7. The van der Waals surface area contributed by atoms with Crippen molar-refractivity contribution < 1.29 is 9.53 Å². The van der Waals surface area contributed by atoms with E-state index < -0.39 is 0 Å². The van der Waals surface area contributed by atoms with Crippen LogP contribution in [-0.2, 0) is 21.7 Å². The molecule has 1 aliphatic heterocycles. The number of thioether (sulfide) groups is 1. The molecule has 2 atom stereocenters. The van der Waals surface area contributed by atoms with Crippen molar-refractivity contribution in [3.63, 3.8) is 0 Å². The number of rotatable bonds is 5. The third-order valence-electron chi connectivity index (χ3n) is 5.37. The predicted molar refractivity (Wildman–Crippen MR) is 110 cm³/mol. The minimum Gasteiger partial charge on any atom is -0.498 e. The number of ether oxygens (including phenoxy) is 1. The molecule has 0 saturated carbocycles. The molecule has 1 N–H and O–H groups in total. The summed E-state index contributed by atoms with van der Waals surface area (Å²) in [5, 5.41) is 3.01. The van der Waals surface area contributed by atoms with Crippen molar-refractivity contribution in [3.05, 3.63) is 77.1 Å². The zero-order valence-electron chi connectivity index (χ0n) is 15.6. The number of benzene rings is 2. The first kappa shape index (κ1) is 18.2. The van der Waals surface area contributed by atoms with Crippen LogP contribution >= 0.6 is 11.8 Å². The number of allylic oxidation sites excluding steroid dienone is 2. The Morgan fingerprint density at radius 2 is 2.07 bits per heavy atom. The van der Waals surface area contributed by atoms with E-state index in [1.165, 1.54) is 21.6 Å². The largest absolute Gasteiger partial charge is 0.498 e. The molecule has 1 aliphatic carbocycles. The van der Waals surface area contributed by atoms with Gasteiger partial charge in [0.25, 0.3) is 0 Å². The van der Waals surface area contributed by atoms with Gasteiger partial charge in [-0.05, 0) is 53.7 Å². The Kier molecular flexibility index (Phi) is 5.53. The maximum atomic E-state index is 11.4. The number of fused-ring (bicyclic) bond motifs is 3. The van der Waals surface area contributed by atoms with E-state index in [1.807, 2.05) is 11.8 Å². The molecule has 1 amide bonds. The number of carbonyl (C=O) groups is 1. The molecule has 2 unspecified atom stereocenters. The van der Waals surface area contributed by atoms with Crippen molar-refractivity contribution in [1.29, 1.82) is 0 Å². The van der Waals surface area contributed by atoms with Gasteiger partial charge in [-0.2, -0.15) is 0 Å².